The molecular weight excluding hydrogens is 775 g/mol. The zero-order chi connectivity index (χ0) is 43.1. The number of anilines is 2. The van der Waals surface area contributed by atoms with E-state index in [4.69, 9.17) is 24.4 Å². The summed E-state index contributed by atoms with van der Waals surface area (Å²) in [5.74, 6) is -0.350. The van der Waals surface area contributed by atoms with Gasteiger partial charge in [-0.25, -0.2) is 9.59 Å². The number of hydrogen-bond acceptors (Lipinski definition) is 8. The molecule has 59 heavy (non-hydrogen) atoms. The van der Waals surface area contributed by atoms with Crippen molar-refractivity contribution in [3.63, 3.8) is 0 Å². The van der Waals surface area contributed by atoms with Gasteiger partial charge >= 0.3 is 18.0 Å². The van der Waals surface area contributed by atoms with E-state index in [-0.39, 0.29) is 30.2 Å². The van der Waals surface area contributed by atoms with Crippen molar-refractivity contribution < 1.29 is 53.1 Å². The van der Waals surface area contributed by atoms with E-state index in [0.29, 0.717) is 22.3 Å². The fourth-order valence-electron chi connectivity index (χ4n) is 5.69. The number of ether oxygens (including phenoxy) is 3. The number of carboxylic acid groups (broad SMARTS) is 2. The number of urea groups is 1. The van der Waals surface area contributed by atoms with Crippen LogP contribution in [0.4, 0.5) is 16.2 Å². The minimum absolute atomic E-state index is 0.0483. The van der Waals surface area contributed by atoms with Crippen LogP contribution in [-0.2, 0) is 9.36 Å². The first-order valence-electron chi connectivity index (χ1n) is 18.1. The number of aromatic carboxylic acids is 1. The lowest BCUT2D eigenvalue weighted by Crippen LogP contribution is -2.20. The van der Waals surface area contributed by atoms with Gasteiger partial charge in [0.15, 0.2) is 5.78 Å². The van der Waals surface area contributed by atoms with E-state index in [1.807, 2.05) is 80.6 Å². The molecule has 306 valence electrons. The van der Waals surface area contributed by atoms with Gasteiger partial charge < -0.3 is 40.0 Å². The highest BCUT2D eigenvalue weighted by Crippen LogP contribution is 2.30. The van der Waals surface area contributed by atoms with Crippen LogP contribution in [-0.4, -0.2) is 60.2 Å². The summed E-state index contributed by atoms with van der Waals surface area (Å²) < 4.78 is 26.9. The number of aliphatic carboxylic acids is 1. The molecule has 0 heterocycles. The van der Waals surface area contributed by atoms with Crippen LogP contribution in [0.25, 0.3) is 21.9 Å². The Balaban J connectivity index is 0.000000197. The van der Waals surface area contributed by atoms with Crippen LogP contribution < -0.4 is 30.1 Å². The number of carbonyl (C=O) groups is 4. The summed E-state index contributed by atoms with van der Waals surface area (Å²) in [6.45, 7) is 3.86. The van der Waals surface area contributed by atoms with Gasteiger partial charge in [0.05, 0.1) is 38.9 Å². The first-order valence-corrected chi connectivity index (χ1v) is 19.4. The molecule has 0 saturated carbocycles. The Labute approximate surface area is 342 Å². The van der Waals surface area contributed by atoms with Crippen LogP contribution >= 0.6 is 8.03 Å². The van der Waals surface area contributed by atoms with Gasteiger partial charge in [0.1, 0.15) is 17.2 Å². The lowest BCUT2D eigenvalue weighted by atomic mass is 10.0. The normalized spacial score (nSPS) is 10.7. The number of methoxy groups -OCH3 is 3. The fraction of sp³-hybridized carbons (Fsp3) is 0.156. The maximum absolute atomic E-state index is 12.1. The average molecular weight is 821 g/mol. The van der Waals surface area contributed by atoms with Gasteiger partial charge in [-0.1, -0.05) is 48.5 Å². The zero-order valence-corrected chi connectivity index (χ0v) is 34.1. The Kier molecular flexibility index (Phi) is 16.3. The van der Waals surface area contributed by atoms with E-state index in [1.165, 1.54) is 19.2 Å². The number of hydrogen-bond donors (Lipinski definition) is 5. The van der Waals surface area contributed by atoms with E-state index in [0.717, 1.165) is 50.2 Å². The molecule has 0 fully saturated rings. The lowest BCUT2D eigenvalue weighted by Gasteiger charge is -2.10. The highest BCUT2D eigenvalue weighted by molar-refractivity contribution is 7.47. The number of amides is 2. The second-order valence-electron chi connectivity index (χ2n) is 12.9. The van der Waals surface area contributed by atoms with E-state index in [2.05, 4.69) is 10.6 Å². The zero-order valence-electron chi connectivity index (χ0n) is 33.1. The summed E-state index contributed by atoms with van der Waals surface area (Å²) in [7, 11) is 1.97. The topological polar surface area (TPSA) is 198 Å². The Hall–Kier alpha value is -6.95. The van der Waals surface area contributed by atoms with E-state index >= 15 is 0 Å². The molecule has 1 atom stereocenters. The third kappa shape index (κ3) is 13.0. The van der Waals surface area contributed by atoms with Crippen molar-refractivity contribution in [3.8, 4) is 28.4 Å². The summed E-state index contributed by atoms with van der Waals surface area (Å²) in [5, 5.41) is 25.1. The molecule has 2 amide bonds. The van der Waals surface area contributed by atoms with E-state index < -0.39 is 20.0 Å². The molecule has 13 nitrogen and oxygen atoms in total. The first-order chi connectivity index (χ1) is 28.2. The second-order valence-corrected chi connectivity index (χ2v) is 14.1. The van der Waals surface area contributed by atoms with Crippen molar-refractivity contribution in [3.05, 3.63) is 144 Å². The van der Waals surface area contributed by atoms with Crippen LogP contribution in [0.15, 0.2) is 121 Å². The molecule has 1 unspecified atom stereocenters. The van der Waals surface area contributed by atoms with Crippen LogP contribution in [0, 0.1) is 13.8 Å². The van der Waals surface area contributed by atoms with Crippen LogP contribution in [0.3, 0.4) is 0 Å². The maximum Gasteiger partial charge on any atom is 0.335 e. The third-order valence-corrected chi connectivity index (χ3v) is 9.70. The second kappa shape index (κ2) is 21.5. The summed E-state index contributed by atoms with van der Waals surface area (Å²) in [6, 6.07) is 35.0. The molecule has 6 aromatic carbocycles. The number of ketones is 1. The molecule has 0 aliphatic carbocycles. The molecule has 0 aromatic heterocycles. The number of nitrogens with one attached hydrogen (secondary N) is 2. The number of aryl methyl sites for hydroxylation is 2. The Morgan fingerprint density at radius 2 is 1.36 bits per heavy atom. The summed E-state index contributed by atoms with van der Waals surface area (Å²) >= 11 is 0. The van der Waals surface area contributed by atoms with Crippen molar-refractivity contribution in [1.29, 1.82) is 0 Å². The number of carboxylic acids is 2. The first kappa shape index (κ1) is 44.8. The van der Waals surface area contributed by atoms with E-state index in [9.17, 15) is 28.6 Å². The third-order valence-electron chi connectivity index (χ3n) is 8.80. The summed E-state index contributed by atoms with van der Waals surface area (Å²) in [5.41, 5.74) is 5.54. The highest BCUT2D eigenvalue weighted by atomic mass is 31.1. The van der Waals surface area contributed by atoms with Gasteiger partial charge in [-0.15, -0.1) is 0 Å². The molecule has 0 aliphatic heterocycles. The Bertz CT molecular complexity index is 2470. The number of benzene rings is 6. The van der Waals surface area contributed by atoms with E-state index in [1.54, 1.807) is 56.7 Å². The average Bonchev–Trinajstić information content (AvgIpc) is 3.24. The Morgan fingerprint density at radius 1 is 0.661 bits per heavy atom. The minimum atomic E-state index is -2.70. The molecule has 0 saturated heterocycles. The summed E-state index contributed by atoms with van der Waals surface area (Å²) in [6.07, 6.45) is -0.240. The molecule has 0 spiro atoms. The van der Waals surface area contributed by atoms with Gasteiger partial charge in [-0.2, -0.15) is 0 Å². The van der Waals surface area contributed by atoms with Crippen molar-refractivity contribution in [2.45, 2.75) is 26.7 Å². The van der Waals surface area contributed by atoms with Crippen LogP contribution in [0.2, 0.25) is 0 Å². The molecular formula is C45H45N2O11P. The quantitative estimate of drug-likeness (QED) is 0.0583. The van der Waals surface area contributed by atoms with Crippen molar-refractivity contribution in [2.24, 2.45) is 0 Å². The molecule has 0 radical (unpaired) electrons. The summed E-state index contributed by atoms with van der Waals surface area (Å²) in [4.78, 5) is 54.7. The van der Waals surface area contributed by atoms with Gasteiger partial charge in [0.2, 0.25) is 8.03 Å². The molecule has 6 rings (SSSR count). The standard InChI is InChI=1S/C16H16N2O3.C16H16O5.C13H13O3P/c1-10-3-4-11(2)14(9-10)18-16(21)17-13-7-5-12(6-8-13)15(19)20;1-20-12-4-3-10-8-13(14(17)5-6-16(18)19)15(21-2)9-11(10)7-12;1-16-11-6-4-5-10(9-11)12-7-2-3-8-13(12)17(14)15/h3-9H,1-2H3,(H,19,20)(H2,17,18,21);3-4,7-9H,5-6H2,1-2H3,(H,18,19);2-9,17H,1H3,(H,14,15). The predicted molar refractivity (Wildman–Crippen MR) is 229 cm³/mol. The monoisotopic (exact) mass is 820 g/mol. The number of Topliss-reactive ketones (excluding diaryl/α,β-unsaturated/α-hetero) is 1. The van der Waals surface area contributed by atoms with Crippen LogP contribution in [0.1, 0.15) is 44.7 Å². The number of rotatable bonds is 12. The SMILES string of the molecule is COc1ccc2cc(C(=O)CCC(=O)O)c(OC)cc2c1.COc1cccc(-c2ccccc2[PH](=O)O)c1.Cc1ccc(C)c(NC(=O)Nc2ccc(C(=O)O)cc2)c1. The Morgan fingerprint density at radius 3 is 2.00 bits per heavy atom. The largest absolute Gasteiger partial charge is 0.497 e. The van der Waals surface area contributed by atoms with Gasteiger partial charge in [-0.3, -0.25) is 14.2 Å². The number of fused-ring (bicyclic) bond motifs is 1. The molecule has 0 bridgehead atoms. The van der Waals surface area contributed by atoms with Gasteiger partial charge in [0, 0.05) is 23.1 Å². The highest BCUT2D eigenvalue weighted by Gasteiger charge is 2.16. The fourth-order valence-corrected chi connectivity index (χ4v) is 6.38. The van der Waals surface area contributed by atoms with Gasteiger partial charge in [0.25, 0.3) is 0 Å². The minimum Gasteiger partial charge on any atom is -0.497 e. The van der Waals surface area contributed by atoms with Gasteiger partial charge in [-0.05, 0) is 120 Å². The van der Waals surface area contributed by atoms with Crippen LogP contribution in [0.5, 0.6) is 17.2 Å². The van der Waals surface area contributed by atoms with Crippen molar-refractivity contribution in [2.75, 3.05) is 32.0 Å². The molecule has 14 heteroatoms. The smallest absolute Gasteiger partial charge is 0.335 e. The lowest BCUT2D eigenvalue weighted by molar-refractivity contribution is -0.136. The van der Waals surface area contributed by atoms with Crippen molar-refractivity contribution >= 4 is 59.2 Å². The molecule has 5 N–H and O–H groups in total. The maximum atomic E-state index is 12.1. The van der Waals surface area contributed by atoms with Crippen molar-refractivity contribution in [1.82, 2.24) is 0 Å². The number of carbonyl (C=O) groups excluding carboxylic acids is 2. The predicted octanol–water partition coefficient (Wildman–Crippen LogP) is 9.00. The molecule has 6 aromatic rings. The molecule has 0 aliphatic rings.